The molecule has 16 heavy (non-hydrogen) atoms. The van der Waals surface area contributed by atoms with Gasteiger partial charge in [0.1, 0.15) is 5.69 Å². The van der Waals surface area contributed by atoms with Crippen LogP contribution in [0, 0.1) is 3.57 Å². The summed E-state index contributed by atoms with van der Waals surface area (Å²) in [6.45, 7) is 0. The van der Waals surface area contributed by atoms with Gasteiger partial charge in [0.2, 0.25) is 0 Å². The zero-order valence-electron chi connectivity index (χ0n) is 8.64. The maximum Gasteiger partial charge on any atom is 0.352 e. The molecule has 0 aliphatic carbocycles. The number of hydrogen-bond donors (Lipinski definition) is 1. The summed E-state index contributed by atoms with van der Waals surface area (Å²) in [5.41, 5.74) is 2.27. The first-order chi connectivity index (χ1) is 7.61. The van der Waals surface area contributed by atoms with E-state index in [1.54, 1.807) is 17.7 Å². The predicted octanol–water partition coefficient (Wildman–Crippen LogP) is 2.99. The smallest absolute Gasteiger partial charge is 0.352 e. The van der Waals surface area contributed by atoms with Crippen molar-refractivity contribution in [3.05, 3.63) is 45.7 Å². The standard InChI is InChI=1S/C12H10INO2/c1-14-10(6-7-11(14)12(15)16)8-4-2-3-5-9(8)13/h2-7H,1H3,(H,15,16). The second-order valence-electron chi connectivity index (χ2n) is 3.45. The highest BCUT2D eigenvalue weighted by Gasteiger charge is 2.13. The van der Waals surface area contributed by atoms with Crippen LogP contribution in [0.2, 0.25) is 0 Å². The van der Waals surface area contributed by atoms with Gasteiger partial charge in [-0.15, -0.1) is 0 Å². The van der Waals surface area contributed by atoms with Crippen molar-refractivity contribution in [2.75, 3.05) is 0 Å². The van der Waals surface area contributed by atoms with E-state index >= 15 is 0 Å². The van der Waals surface area contributed by atoms with Crippen LogP contribution in [0.4, 0.5) is 0 Å². The lowest BCUT2D eigenvalue weighted by Gasteiger charge is -2.07. The molecule has 1 aromatic carbocycles. The van der Waals surface area contributed by atoms with Crippen molar-refractivity contribution in [1.82, 2.24) is 4.57 Å². The van der Waals surface area contributed by atoms with Gasteiger partial charge in [-0.3, -0.25) is 0 Å². The van der Waals surface area contributed by atoms with Crippen LogP contribution in [0.1, 0.15) is 10.5 Å². The maximum absolute atomic E-state index is 10.9. The van der Waals surface area contributed by atoms with E-state index in [0.717, 1.165) is 14.8 Å². The third-order valence-corrected chi connectivity index (χ3v) is 3.43. The number of benzene rings is 1. The van der Waals surface area contributed by atoms with E-state index in [1.165, 1.54) is 0 Å². The summed E-state index contributed by atoms with van der Waals surface area (Å²) in [7, 11) is 1.77. The lowest BCUT2D eigenvalue weighted by molar-refractivity contribution is 0.0687. The summed E-state index contributed by atoms with van der Waals surface area (Å²) in [5.74, 6) is -0.903. The quantitative estimate of drug-likeness (QED) is 0.862. The van der Waals surface area contributed by atoms with E-state index in [4.69, 9.17) is 5.11 Å². The number of carboxylic acid groups (broad SMARTS) is 1. The van der Waals surface area contributed by atoms with Gasteiger partial charge in [0, 0.05) is 21.9 Å². The Kier molecular flexibility index (Phi) is 3.00. The summed E-state index contributed by atoms with van der Waals surface area (Å²) < 4.78 is 2.80. The predicted molar refractivity (Wildman–Crippen MR) is 70.5 cm³/mol. The largest absolute Gasteiger partial charge is 0.477 e. The van der Waals surface area contributed by atoms with Gasteiger partial charge in [0.05, 0.1) is 0 Å². The van der Waals surface area contributed by atoms with Gasteiger partial charge >= 0.3 is 5.97 Å². The molecule has 1 heterocycles. The third-order valence-electron chi connectivity index (χ3n) is 2.49. The first-order valence-electron chi connectivity index (χ1n) is 4.75. The van der Waals surface area contributed by atoms with Crippen molar-refractivity contribution in [3.8, 4) is 11.3 Å². The molecule has 0 spiro atoms. The number of nitrogens with zero attached hydrogens (tertiary/aromatic N) is 1. The average molecular weight is 327 g/mol. The van der Waals surface area contributed by atoms with Crippen molar-refractivity contribution in [1.29, 1.82) is 0 Å². The van der Waals surface area contributed by atoms with Gasteiger partial charge in [-0.25, -0.2) is 4.79 Å². The Morgan fingerprint density at radius 2 is 1.94 bits per heavy atom. The molecule has 0 atom stereocenters. The van der Waals surface area contributed by atoms with Crippen molar-refractivity contribution >= 4 is 28.6 Å². The summed E-state index contributed by atoms with van der Waals surface area (Å²) in [4.78, 5) is 10.9. The Balaban J connectivity index is 2.58. The highest BCUT2D eigenvalue weighted by molar-refractivity contribution is 14.1. The first kappa shape index (κ1) is 11.2. The molecule has 0 saturated carbocycles. The Morgan fingerprint density at radius 1 is 1.25 bits per heavy atom. The second kappa shape index (κ2) is 4.29. The van der Waals surface area contributed by atoms with Crippen LogP contribution in [0.5, 0.6) is 0 Å². The Morgan fingerprint density at radius 3 is 2.50 bits per heavy atom. The van der Waals surface area contributed by atoms with E-state index in [2.05, 4.69) is 22.6 Å². The molecular formula is C12H10INO2. The topological polar surface area (TPSA) is 42.2 Å². The SMILES string of the molecule is Cn1c(C(=O)O)ccc1-c1ccccc1I. The lowest BCUT2D eigenvalue weighted by atomic mass is 10.1. The van der Waals surface area contributed by atoms with Crippen LogP contribution in [-0.4, -0.2) is 15.6 Å². The minimum Gasteiger partial charge on any atom is -0.477 e. The Hall–Kier alpha value is -1.30. The molecule has 2 aromatic rings. The van der Waals surface area contributed by atoms with Gasteiger partial charge in [-0.2, -0.15) is 0 Å². The van der Waals surface area contributed by atoms with E-state index in [-0.39, 0.29) is 0 Å². The molecule has 0 unspecified atom stereocenters. The number of aromatic carboxylic acids is 1. The molecule has 0 fully saturated rings. The van der Waals surface area contributed by atoms with E-state index in [9.17, 15) is 4.79 Å². The van der Waals surface area contributed by atoms with Crippen LogP contribution >= 0.6 is 22.6 Å². The number of hydrogen-bond acceptors (Lipinski definition) is 1. The second-order valence-corrected chi connectivity index (χ2v) is 4.61. The highest BCUT2D eigenvalue weighted by atomic mass is 127. The van der Waals surface area contributed by atoms with E-state index < -0.39 is 5.97 Å². The minimum absolute atomic E-state index is 0.301. The highest BCUT2D eigenvalue weighted by Crippen LogP contribution is 2.26. The fourth-order valence-electron chi connectivity index (χ4n) is 1.67. The molecule has 0 bridgehead atoms. The molecule has 1 aromatic heterocycles. The van der Waals surface area contributed by atoms with Crippen molar-refractivity contribution in [2.45, 2.75) is 0 Å². The molecule has 1 N–H and O–H groups in total. The fraction of sp³-hybridized carbons (Fsp3) is 0.0833. The van der Waals surface area contributed by atoms with E-state index in [1.807, 2.05) is 30.3 Å². The number of aromatic nitrogens is 1. The van der Waals surface area contributed by atoms with Gasteiger partial charge < -0.3 is 9.67 Å². The zero-order valence-corrected chi connectivity index (χ0v) is 10.8. The number of halogens is 1. The van der Waals surface area contributed by atoms with E-state index in [0.29, 0.717) is 5.69 Å². The maximum atomic E-state index is 10.9. The molecule has 3 nitrogen and oxygen atoms in total. The van der Waals surface area contributed by atoms with Crippen LogP contribution in [0.25, 0.3) is 11.3 Å². The summed E-state index contributed by atoms with van der Waals surface area (Å²) in [5, 5.41) is 8.97. The minimum atomic E-state index is -0.903. The fourth-order valence-corrected chi connectivity index (χ4v) is 2.33. The molecule has 0 amide bonds. The van der Waals surface area contributed by atoms with Crippen LogP contribution < -0.4 is 0 Å². The summed E-state index contributed by atoms with van der Waals surface area (Å²) in [6.07, 6.45) is 0. The molecule has 0 aliphatic heterocycles. The molecule has 0 aliphatic rings. The molecular weight excluding hydrogens is 317 g/mol. The number of rotatable bonds is 2. The molecule has 2 rings (SSSR count). The summed E-state index contributed by atoms with van der Waals surface area (Å²) >= 11 is 2.25. The van der Waals surface area contributed by atoms with Crippen LogP contribution in [0.15, 0.2) is 36.4 Å². The number of carboxylic acids is 1. The van der Waals surface area contributed by atoms with Crippen molar-refractivity contribution in [3.63, 3.8) is 0 Å². The zero-order chi connectivity index (χ0) is 11.7. The number of carbonyl (C=O) groups is 1. The van der Waals surface area contributed by atoms with Crippen LogP contribution in [-0.2, 0) is 7.05 Å². The molecule has 0 radical (unpaired) electrons. The van der Waals surface area contributed by atoms with Gasteiger partial charge in [-0.05, 0) is 40.8 Å². The lowest BCUT2D eigenvalue weighted by Crippen LogP contribution is -2.05. The summed E-state index contributed by atoms with van der Waals surface area (Å²) in [6, 6.07) is 11.4. The average Bonchev–Trinajstić information content (AvgIpc) is 2.61. The molecule has 0 saturated heterocycles. The monoisotopic (exact) mass is 327 g/mol. The normalized spacial score (nSPS) is 10.4. The molecule has 4 heteroatoms. The molecule has 82 valence electrons. The Labute approximate surface area is 107 Å². The van der Waals surface area contributed by atoms with Gasteiger partial charge in [0.15, 0.2) is 0 Å². The Bertz CT molecular complexity index is 546. The van der Waals surface area contributed by atoms with Crippen molar-refractivity contribution in [2.24, 2.45) is 7.05 Å². The van der Waals surface area contributed by atoms with Crippen molar-refractivity contribution < 1.29 is 9.90 Å². The van der Waals surface area contributed by atoms with Gasteiger partial charge in [-0.1, -0.05) is 18.2 Å². The van der Waals surface area contributed by atoms with Crippen LogP contribution in [0.3, 0.4) is 0 Å². The van der Waals surface area contributed by atoms with Gasteiger partial charge in [0.25, 0.3) is 0 Å². The third kappa shape index (κ3) is 1.84. The first-order valence-corrected chi connectivity index (χ1v) is 5.83.